The summed E-state index contributed by atoms with van der Waals surface area (Å²) in [4.78, 5) is 4.28. The second-order valence-electron chi connectivity index (χ2n) is 3.36. The standard InChI is InChI=1S/C12H11BrN2O/c1-8-9(13)6-7-12(15-8)16-11-5-3-2-4-10(11)14/h2-7H,14H2,1H3. The number of pyridine rings is 1. The maximum absolute atomic E-state index is 5.77. The van der Waals surface area contributed by atoms with Crippen molar-refractivity contribution in [1.29, 1.82) is 0 Å². The number of benzene rings is 1. The van der Waals surface area contributed by atoms with Crippen molar-refractivity contribution in [3.05, 3.63) is 46.6 Å². The molecule has 16 heavy (non-hydrogen) atoms. The van der Waals surface area contributed by atoms with Crippen LogP contribution in [-0.4, -0.2) is 4.98 Å². The second-order valence-corrected chi connectivity index (χ2v) is 4.21. The summed E-state index contributed by atoms with van der Waals surface area (Å²) in [6, 6.07) is 11.0. The van der Waals surface area contributed by atoms with Crippen LogP contribution < -0.4 is 10.5 Å². The Kier molecular flexibility index (Phi) is 3.10. The molecule has 0 fully saturated rings. The van der Waals surface area contributed by atoms with E-state index >= 15 is 0 Å². The van der Waals surface area contributed by atoms with Gasteiger partial charge in [-0.3, -0.25) is 0 Å². The number of nitrogen functional groups attached to an aromatic ring is 1. The molecule has 1 aromatic carbocycles. The Morgan fingerprint density at radius 1 is 1.19 bits per heavy atom. The predicted molar refractivity (Wildman–Crippen MR) is 67.6 cm³/mol. The minimum Gasteiger partial charge on any atom is -0.437 e. The van der Waals surface area contributed by atoms with Gasteiger partial charge in [0.25, 0.3) is 0 Å². The summed E-state index contributed by atoms with van der Waals surface area (Å²) in [5.74, 6) is 1.16. The topological polar surface area (TPSA) is 48.1 Å². The lowest BCUT2D eigenvalue weighted by atomic mass is 10.3. The van der Waals surface area contributed by atoms with Crippen molar-refractivity contribution >= 4 is 21.6 Å². The molecule has 1 aromatic heterocycles. The van der Waals surface area contributed by atoms with E-state index in [4.69, 9.17) is 10.5 Å². The summed E-state index contributed by atoms with van der Waals surface area (Å²) in [7, 11) is 0. The van der Waals surface area contributed by atoms with Crippen LogP contribution in [0, 0.1) is 6.92 Å². The molecule has 3 nitrogen and oxygen atoms in total. The van der Waals surface area contributed by atoms with Gasteiger partial charge in [-0.15, -0.1) is 0 Å². The molecule has 0 aliphatic rings. The smallest absolute Gasteiger partial charge is 0.219 e. The fourth-order valence-electron chi connectivity index (χ4n) is 1.26. The fraction of sp³-hybridized carbons (Fsp3) is 0.0833. The number of hydrogen-bond acceptors (Lipinski definition) is 3. The van der Waals surface area contributed by atoms with Gasteiger partial charge in [0.05, 0.1) is 11.4 Å². The third-order valence-electron chi connectivity index (χ3n) is 2.13. The number of ether oxygens (including phenoxy) is 1. The van der Waals surface area contributed by atoms with Crippen LogP contribution in [0.15, 0.2) is 40.9 Å². The molecule has 0 radical (unpaired) electrons. The van der Waals surface area contributed by atoms with Crippen molar-refractivity contribution in [1.82, 2.24) is 4.98 Å². The Bertz CT molecular complexity index is 514. The molecule has 0 spiro atoms. The number of nitrogens with zero attached hydrogens (tertiary/aromatic N) is 1. The molecular formula is C12H11BrN2O. The van der Waals surface area contributed by atoms with Gasteiger partial charge in [-0.1, -0.05) is 12.1 Å². The molecular weight excluding hydrogens is 268 g/mol. The van der Waals surface area contributed by atoms with Gasteiger partial charge in [-0.05, 0) is 41.1 Å². The Hall–Kier alpha value is -1.55. The monoisotopic (exact) mass is 278 g/mol. The molecule has 0 aliphatic carbocycles. The molecule has 0 atom stereocenters. The first-order valence-electron chi connectivity index (χ1n) is 4.82. The maximum Gasteiger partial charge on any atom is 0.219 e. The van der Waals surface area contributed by atoms with Crippen LogP contribution in [0.4, 0.5) is 5.69 Å². The fourth-order valence-corrected chi connectivity index (χ4v) is 1.48. The summed E-state index contributed by atoms with van der Waals surface area (Å²) >= 11 is 3.39. The van der Waals surface area contributed by atoms with Gasteiger partial charge in [0.1, 0.15) is 0 Å². The molecule has 1 heterocycles. The van der Waals surface area contributed by atoms with E-state index in [1.807, 2.05) is 31.2 Å². The van der Waals surface area contributed by atoms with Gasteiger partial charge in [0.15, 0.2) is 5.75 Å². The van der Waals surface area contributed by atoms with Gasteiger partial charge in [-0.25, -0.2) is 4.98 Å². The third kappa shape index (κ3) is 2.33. The first-order valence-corrected chi connectivity index (χ1v) is 5.61. The van der Waals surface area contributed by atoms with Crippen molar-refractivity contribution in [3.8, 4) is 11.6 Å². The SMILES string of the molecule is Cc1nc(Oc2ccccc2N)ccc1Br. The normalized spacial score (nSPS) is 10.1. The first-order chi connectivity index (χ1) is 7.66. The average molecular weight is 279 g/mol. The number of hydrogen-bond donors (Lipinski definition) is 1. The van der Waals surface area contributed by atoms with E-state index in [0.717, 1.165) is 10.2 Å². The van der Waals surface area contributed by atoms with Crippen LogP contribution in [0.1, 0.15) is 5.69 Å². The van der Waals surface area contributed by atoms with E-state index in [1.165, 1.54) is 0 Å². The van der Waals surface area contributed by atoms with Crippen LogP contribution in [0.5, 0.6) is 11.6 Å². The number of nitrogens with two attached hydrogens (primary N) is 1. The van der Waals surface area contributed by atoms with Crippen LogP contribution in [0.3, 0.4) is 0 Å². The quantitative estimate of drug-likeness (QED) is 0.855. The molecule has 0 saturated heterocycles. The summed E-state index contributed by atoms with van der Waals surface area (Å²) in [5.41, 5.74) is 7.26. The zero-order valence-corrected chi connectivity index (χ0v) is 10.4. The van der Waals surface area contributed by atoms with E-state index in [0.29, 0.717) is 17.3 Å². The number of aromatic nitrogens is 1. The van der Waals surface area contributed by atoms with Gasteiger partial charge < -0.3 is 10.5 Å². The molecule has 0 amide bonds. The number of rotatable bonds is 2. The minimum atomic E-state index is 0.540. The van der Waals surface area contributed by atoms with Gasteiger partial charge in [0.2, 0.25) is 5.88 Å². The number of halogens is 1. The minimum absolute atomic E-state index is 0.540. The molecule has 2 N–H and O–H groups in total. The molecule has 0 unspecified atom stereocenters. The van der Waals surface area contributed by atoms with Crippen molar-refractivity contribution in [3.63, 3.8) is 0 Å². The van der Waals surface area contributed by atoms with Crippen LogP contribution in [-0.2, 0) is 0 Å². The Morgan fingerprint density at radius 3 is 2.62 bits per heavy atom. The Balaban J connectivity index is 2.28. The second kappa shape index (κ2) is 4.53. The molecule has 82 valence electrons. The predicted octanol–water partition coefficient (Wildman–Crippen LogP) is 3.53. The van der Waals surface area contributed by atoms with Crippen LogP contribution in [0.25, 0.3) is 0 Å². The summed E-state index contributed by atoms with van der Waals surface area (Å²) < 4.78 is 6.55. The summed E-state index contributed by atoms with van der Waals surface area (Å²) in [6.07, 6.45) is 0. The lowest BCUT2D eigenvalue weighted by molar-refractivity contribution is 0.463. The summed E-state index contributed by atoms with van der Waals surface area (Å²) in [5, 5.41) is 0. The van der Waals surface area contributed by atoms with Crippen LogP contribution in [0.2, 0.25) is 0 Å². The number of anilines is 1. The highest BCUT2D eigenvalue weighted by molar-refractivity contribution is 9.10. The molecule has 0 bridgehead atoms. The maximum atomic E-state index is 5.77. The number of aryl methyl sites for hydroxylation is 1. The van der Waals surface area contributed by atoms with Gasteiger partial charge in [0, 0.05) is 10.5 Å². The van der Waals surface area contributed by atoms with Gasteiger partial charge >= 0.3 is 0 Å². The van der Waals surface area contributed by atoms with E-state index in [2.05, 4.69) is 20.9 Å². The lowest BCUT2D eigenvalue weighted by Gasteiger charge is -2.08. The third-order valence-corrected chi connectivity index (χ3v) is 2.97. The zero-order valence-electron chi connectivity index (χ0n) is 8.77. The van der Waals surface area contributed by atoms with E-state index < -0.39 is 0 Å². The average Bonchev–Trinajstić information content (AvgIpc) is 2.27. The number of para-hydroxylation sites is 2. The van der Waals surface area contributed by atoms with Crippen molar-refractivity contribution in [2.45, 2.75) is 6.92 Å². The van der Waals surface area contributed by atoms with Crippen molar-refractivity contribution < 1.29 is 4.74 Å². The molecule has 0 aliphatic heterocycles. The highest BCUT2D eigenvalue weighted by atomic mass is 79.9. The van der Waals surface area contributed by atoms with Crippen LogP contribution >= 0.6 is 15.9 Å². The largest absolute Gasteiger partial charge is 0.437 e. The van der Waals surface area contributed by atoms with E-state index in [9.17, 15) is 0 Å². The first kappa shape index (κ1) is 11.0. The lowest BCUT2D eigenvalue weighted by Crippen LogP contribution is -1.94. The molecule has 0 saturated carbocycles. The summed E-state index contributed by atoms with van der Waals surface area (Å²) in [6.45, 7) is 1.91. The van der Waals surface area contributed by atoms with Crippen molar-refractivity contribution in [2.75, 3.05) is 5.73 Å². The van der Waals surface area contributed by atoms with E-state index in [-0.39, 0.29) is 0 Å². The highest BCUT2D eigenvalue weighted by Gasteiger charge is 2.03. The van der Waals surface area contributed by atoms with Gasteiger partial charge in [-0.2, -0.15) is 0 Å². The molecule has 2 rings (SSSR count). The molecule has 2 aromatic rings. The van der Waals surface area contributed by atoms with E-state index in [1.54, 1.807) is 12.1 Å². The Labute approximate surface area is 102 Å². The molecule has 4 heteroatoms. The zero-order chi connectivity index (χ0) is 11.5. The Morgan fingerprint density at radius 2 is 1.94 bits per heavy atom. The highest BCUT2D eigenvalue weighted by Crippen LogP contribution is 2.27. The van der Waals surface area contributed by atoms with Crippen molar-refractivity contribution in [2.24, 2.45) is 0 Å².